The third-order valence-corrected chi connectivity index (χ3v) is 2.38. The Morgan fingerprint density at radius 3 is 1.88 bits per heavy atom. The average molecular weight is 230 g/mol. The average Bonchev–Trinajstić information content (AvgIpc) is 2.31. The quantitative estimate of drug-likeness (QED) is 0.751. The molecule has 0 heterocycles. The third kappa shape index (κ3) is 6.56. The maximum absolute atomic E-state index is 11.3. The molecule has 0 saturated carbocycles. The molecule has 0 aromatic rings. The van der Waals surface area contributed by atoms with Crippen molar-refractivity contribution >= 4 is 11.7 Å². The molecule has 0 bridgehead atoms. The second-order valence-electron chi connectivity index (χ2n) is 3.22. The predicted octanol–water partition coefficient (Wildman–Crippen LogP) is 1.45. The summed E-state index contributed by atoms with van der Waals surface area (Å²) in [5.41, 5.74) is 0. The summed E-state index contributed by atoms with van der Waals surface area (Å²) in [5.74, 6) is -0.0330. The number of likely N-dealkylation sites (N-methyl/N-ethyl adjacent to an activating group) is 1. The summed E-state index contributed by atoms with van der Waals surface area (Å²) in [5, 5.41) is 2.54. The molecule has 0 saturated heterocycles. The predicted molar refractivity (Wildman–Crippen MR) is 67.4 cm³/mol. The van der Waals surface area contributed by atoms with Crippen LogP contribution in [-0.2, 0) is 9.59 Å². The van der Waals surface area contributed by atoms with E-state index < -0.39 is 0 Å². The molecule has 0 spiro atoms. The van der Waals surface area contributed by atoms with Crippen molar-refractivity contribution < 1.29 is 9.59 Å². The van der Waals surface area contributed by atoms with Crippen LogP contribution in [0.2, 0.25) is 0 Å². The van der Waals surface area contributed by atoms with Gasteiger partial charge in [0.1, 0.15) is 5.78 Å². The summed E-state index contributed by atoms with van der Waals surface area (Å²) < 4.78 is 0. The van der Waals surface area contributed by atoms with E-state index in [0.29, 0.717) is 0 Å². The number of hydrogen-bond acceptors (Lipinski definition) is 3. The van der Waals surface area contributed by atoms with E-state index in [9.17, 15) is 9.59 Å². The molecule has 4 heteroatoms. The van der Waals surface area contributed by atoms with Gasteiger partial charge in [-0.3, -0.25) is 14.5 Å². The molecule has 16 heavy (non-hydrogen) atoms. The number of rotatable bonds is 6. The monoisotopic (exact) mass is 230 g/mol. The van der Waals surface area contributed by atoms with Crippen LogP contribution in [-0.4, -0.2) is 42.8 Å². The zero-order valence-electron chi connectivity index (χ0n) is 11.5. The van der Waals surface area contributed by atoms with Crippen LogP contribution in [0, 0.1) is 0 Å². The van der Waals surface area contributed by atoms with Crippen molar-refractivity contribution in [2.45, 2.75) is 47.1 Å². The van der Waals surface area contributed by atoms with Gasteiger partial charge < -0.3 is 5.32 Å². The fourth-order valence-electron chi connectivity index (χ4n) is 1.47. The van der Waals surface area contributed by atoms with Gasteiger partial charge in [-0.05, 0) is 20.0 Å². The van der Waals surface area contributed by atoms with Crippen LogP contribution < -0.4 is 5.32 Å². The van der Waals surface area contributed by atoms with Crippen LogP contribution >= 0.6 is 0 Å². The van der Waals surface area contributed by atoms with Crippen molar-refractivity contribution in [1.82, 2.24) is 10.2 Å². The van der Waals surface area contributed by atoms with E-state index in [-0.39, 0.29) is 24.2 Å². The molecule has 1 unspecified atom stereocenters. The molecule has 0 rings (SSSR count). The smallest absolute Gasteiger partial charge is 0.221 e. The van der Waals surface area contributed by atoms with Gasteiger partial charge in [-0.15, -0.1) is 0 Å². The standard InChI is InChI=1S/C10H20N2O2.C2H6/c1-5-12(6-2)9(8(3)13)7-10(14)11-4;1-2/h9H,5-7H2,1-4H3,(H,11,14);1-2H3. The molecule has 0 aliphatic carbocycles. The highest BCUT2D eigenvalue weighted by atomic mass is 16.2. The Bertz CT molecular complexity index is 201. The lowest BCUT2D eigenvalue weighted by molar-refractivity contribution is -0.128. The lowest BCUT2D eigenvalue weighted by Gasteiger charge is -2.26. The number of Topliss-reactive ketones (excluding diaryl/α,β-unsaturated/α-hetero) is 1. The summed E-state index contributed by atoms with van der Waals surface area (Å²) in [4.78, 5) is 24.5. The van der Waals surface area contributed by atoms with Gasteiger partial charge in [0.25, 0.3) is 0 Å². The third-order valence-electron chi connectivity index (χ3n) is 2.38. The van der Waals surface area contributed by atoms with Gasteiger partial charge in [-0.2, -0.15) is 0 Å². The van der Waals surface area contributed by atoms with Crippen molar-refractivity contribution in [2.24, 2.45) is 0 Å². The molecule has 1 N–H and O–H groups in total. The molecule has 0 aromatic carbocycles. The van der Waals surface area contributed by atoms with Gasteiger partial charge in [0.15, 0.2) is 0 Å². The second-order valence-corrected chi connectivity index (χ2v) is 3.22. The van der Waals surface area contributed by atoms with Crippen molar-refractivity contribution in [3.63, 3.8) is 0 Å². The first-order chi connectivity index (χ1) is 7.56. The molecule has 4 nitrogen and oxygen atoms in total. The minimum absolute atomic E-state index is 0.0531. The maximum Gasteiger partial charge on any atom is 0.221 e. The van der Waals surface area contributed by atoms with E-state index in [2.05, 4.69) is 5.32 Å². The molecule has 0 aliphatic heterocycles. The number of nitrogens with zero attached hydrogens (tertiary/aromatic N) is 1. The Morgan fingerprint density at radius 2 is 1.62 bits per heavy atom. The van der Waals surface area contributed by atoms with Crippen molar-refractivity contribution in [1.29, 1.82) is 0 Å². The van der Waals surface area contributed by atoms with Crippen LogP contribution in [0.1, 0.15) is 41.0 Å². The zero-order chi connectivity index (χ0) is 13.1. The van der Waals surface area contributed by atoms with Gasteiger partial charge >= 0.3 is 0 Å². The summed E-state index contributed by atoms with van der Waals surface area (Å²) in [6.07, 6.45) is 0.257. The highest BCUT2D eigenvalue weighted by Gasteiger charge is 2.22. The van der Waals surface area contributed by atoms with Gasteiger partial charge in [-0.25, -0.2) is 0 Å². The number of hydrogen-bond donors (Lipinski definition) is 1. The Morgan fingerprint density at radius 1 is 1.19 bits per heavy atom. The first-order valence-corrected chi connectivity index (χ1v) is 6.01. The maximum atomic E-state index is 11.3. The highest BCUT2D eigenvalue weighted by Crippen LogP contribution is 2.05. The Kier molecular flexibility index (Phi) is 11.6. The van der Waals surface area contributed by atoms with E-state index in [4.69, 9.17) is 0 Å². The second kappa shape index (κ2) is 10.6. The van der Waals surface area contributed by atoms with Crippen molar-refractivity contribution in [3.8, 4) is 0 Å². The molecule has 1 amide bonds. The first-order valence-electron chi connectivity index (χ1n) is 6.01. The van der Waals surface area contributed by atoms with Crippen molar-refractivity contribution in [3.05, 3.63) is 0 Å². The number of carbonyl (C=O) groups is 2. The zero-order valence-corrected chi connectivity index (χ0v) is 11.5. The van der Waals surface area contributed by atoms with E-state index in [1.807, 2.05) is 32.6 Å². The SMILES string of the molecule is CC.CCN(CC)C(CC(=O)NC)C(C)=O. The minimum atomic E-state index is -0.273. The number of carbonyl (C=O) groups excluding carboxylic acids is 2. The van der Waals surface area contributed by atoms with Crippen LogP contribution in [0.3, 0.4) is 0 Å². The molecule has 1 atom stereocenters. The molecule has 0 aromatic heterocycles. The lowest BCUT2D eigenvalue weighted by atomic mass is 10.1. The number of nitrogens with one attached hydrogen (secondary N) is 1. The topological polar surface area (TPSA) is 49.4 Å². The summed E-state index contributed by atoms with van der Waals surface area (Å²) in [6, 6.07) is -0.273. The van der Waals surface area contributed by atoms with Crippen LogP contribution in [0.5, 0.6) is 0 Å². The van der Waals surface area contributed by atoms with E-state index in [1.165, 1.54) is 6.92 Å². The largest absolute Gasteiger partial charge is 0.359 e. The summed E-state index contributed by atoms with van der Waals surface area (Å²) in [6.45, 7) is 11.1. The molecule has 0 aliphatic rings. The van der Waals surface area contributed by atoms with E-state index >= 15 is 0 Å². The molecule has 96 valence electrons. The van der Waals surface area contributed by atoms with Crippen LogP contribution in [0.25, 0.3) is 0 Å². The fraction of sp³-hybridized carbons (Fsp3) is 0.833. The van der Waals surface area contributed by atoms with E-state index in [0.717, 1.165) is 13.1 Å². The molecular formula is C12H26N2O2. The molecular weight excluding hydrogens is 204 g/mol. The van der Waals surface area contributed by atoms with Gasteiger partial charge in [0.05, 0.1) is 6.04 Å². The van der Waals surface area contributed by atoms with Crippen molar-refractivity contribution in [2.75, 3.05) is 20.1 Å². The molecule has 0 fully saturated rings. The van der Waals surface area contributed by atoms with Gasteiger partial charge in [-0.1, -0.05) is 27.7 Å². The van der Waals surface area contributed by atoms with E-state index in [1.54, 1.807) is 7.05 Å². The first kappa shape index (κ1) is 17.5. The normalized spacial score (nSPS) is 11.4. The summed E-state index contributed by atoms with van der Waals surface area (Å²) >= 11 is 0. The Balaban J connectivity index is 0. The van der Waals surface area contributed by atoms with Crippen LogP contribution in [0.4, 0.5) is 0 Å². The highest BCUT2D eigenvalue weighted by molar-refractivity contribution is 5.88. The number of ketones is 1. The molecule has 0 radical (unpaired) electrons. The van der Waals surface area contributed by atoms with Gasteiger partial charge in [0.2, 0.25) is 5.91 Å². The lowest BCUT2D eigenvalue weighted by Crippen LogP contribution is -2.43. The Labute approximate surface area is 99.4 Å². The summed E-state index contributed by atoms with van der Waals surface area (Å²) in [7, 11) is 1.59. The Hall–Kier alpha value is -0.900. The fourth-order valence-corrected chi connectivity index (χ4v) is 1.47. The number of amides is 1. The minimum Gasteiger partial charge on any atom is -0.359 e. The van der Waals surface area contributed by atoms with Gasteiger partial charge in [0, 0.05) is 13.5 Å². The van der Waals surface area contributed by atoms with Crippen LogP contribution in [0.15, 0.2) is 0 Å².